The second kappa shape index (κ2) is 32.8. The van der Waals surface area contributed by atoms with Crippen LogP contribution < -0.4 is 5.32 Å². The SMILES string of the molecule is COC1OC(COCc2ccccc2)C(OC2OC(COC3OC(COC(C)=O)C(OC(C)=O)C(OC(C)=O)C3NC(=O)OCC(Cl)(Cl)Cl)C(OC(=O)c3ccccc3)C(OC(=O)c3ccccc3)C2OC(=O)c2ccccc2)C(OC(C)=O)C1OC(C)=O. The quantitative estimate of drug-likeness (QED) is 0.0488. The molecule has 3 aliphatic heterocycles. The van der Waals surface area contributed by atoms with E-state index in [2.05, 4.69) is 5.32 Å². The Hall–Kier alpha value is -7.50. The van der Waals surface area contributed by atoms with Crippen LogP contribution in [0, 0.1) is 0 Å². The Balaban J connectivity index is 1.41. The van der Waals surface area contributed by atoms with Gasteiger partial charge in [-0.2, -0.15) is 0 Å². The van der Waals surface area contributed by atoms with Crippen LogP contribution in [0.5, 0.6) is 0 Å². The van der Waals surface area contributed by atoms with Gasteiger partial charge in [-0.3, -0.25) is 24.0 Å². The van der Waals surface area contributed by atoms with Crippen molar-refractivity contribution >= 4 is 88.7 Å². The molecule has 29 heteroatoms. The number of hydrogen-bond donors (Lipinski definition) is 1. The van der Waals surface area contributed by atoms with Gasteiger partial charge in [-0.15, -0.1) is 0 Å². The molecular formula is C60H64Cl3NO25. The summed E-state index contributed by atoms with van der Waals surface area (Å²) in [7, 11) is 1.23. The minimum atomic E-state index is -2.15. The van der Waals surface area contributed by atoms with Crippen LogP contribution in [-0.2, 0) is 106 Å². The molecule has 26 nitrogen and oxygen atoms in total. The van der Waals surface area contributed by atoms with Gasteiger partial charge in [-0.1, -0.05) is 120 Å². The van der Waals surface area contributed by atoms with Gasteiger partial charge >= 0.3 is 53.8 Å². The Kier molecular flexibility index (Phi) is 25.4. The topological polar surface area (TPSA) is 313 Å². The zero-order valence-corrected chi connectivity index (χ0v) is 50.9. The normalized spacial score (nSPS) is 26.6. The minimum absolute atomic E-state index is 0.00923. The molecule has 4 aromatic rings. The van der Waals surface area contributed by atoms with Crippen LogP contribution in [0.3, 0.4) is 0 Å². The van der Waals surface area contributed by atoms with Crippen molar-refractivity contribution in [2.45, 2.75) is 137 Å². The zero-order chi connectivity index (χ0) is 64.4. The van der Waals surface area contributed by atoms with Gasteiger partial charge in [0.2, 0.25) is 3.79 Å². The molecule has 4 aromatic carbocycles. The molecule has 1 amide bonds. The molecule has 0 saturated carbocycles. The fourth-order valence-electron chi connectivity index (χ4n) is 9.57. The minimum Gasteiger partial charge on any atom is -0.463 e. The molecule has 3 heterocycles. The van der Waals surface area contributed by atoms with Crippen LogP contribution in [0.25, 0.3) is 0 Å². The number of halogens is 3. The molecule has 0 radical (unpaired) electrons. The summed E-state index contributed by atoms with van der Waals surface area (Å²) in [4.78, 5) is 122. The largest absolute Gasteiger partial charge is 0.463 e. The summed E-state index contributed by atoms with van der Waals surface area (Å²) in [6.07, 6.45) is -26.2. The number of nitrogens with one attached hydrogen (secondary N) is 1. The molecule has 0 bridgehead atoms. The van der Waals surface area contributed by atoms with Crippen molar-refractivity contribution < 1.29 is 119 Å². The highest BCUT2D eigenvalue weighted by Crippen LogP contribution is 2.38. The van der Waals surface area contributed by atoms with Crippen molar-refractivity contribution in [3.8, 4) is 0 Å². The third kappa shape index (κ3) is 20.3. The maximum absolute atomic E-state index is 14.7. The van der Waals surface area contributed by atoms with E-state index in [0.717, 1.165) is 40.2 Å². The number of methoxy groups -OCH3 is 1. The van der Waals surface area contributed by atoms with E-state index in [9.17, 15) is 43.2 Å². The maximum Gasteiger partial charge on any atom is 0.407 e. The van der Waals surface area contributed by atoms with E-state index in [1.165, 1.54) is 79.9 Å². The Morgan fingerprint density at radius 1 is 0.438 bits per heavy atom. The van der Waals surface area contributed by atoms with E-state index in [0.29, 0.717) is 0 Å². The summed E-state index contributed by atoms with van der Waals surface area (Å²) in [5, 5.41) is 2.42. The molecule has 1 N–H and O–H groups in total. The molecule has 3 aliphatic rings. The van der Waals surface area contributed by atoms with E-state index in [1.807, 2.05) is 0 Å². The van der Waals surface area contributed by atoms with Crippen molar-refractivity contribution in [1.29, 1.82) is 0 Å². The standard InChI is InChI=1S/C60H64Cl3NO25/c1-32(65)76-29-42-45(79-33(2)66)48(80-34(3)67)44(64-59(73)78-31-60(61,62)63)56(83-42)77-30-43-46(86-53(70)38-21-13-8-14-22-38)50(87-54(71)39-23-15-9-16-24-39)52(88-55(72)40-25-17-10-18-26-40)58(85-43)89-47-41(28-75-27-37-19-11-7-12-20-37)84-57(74-6)51(82-36(5)69)49(47)81-35(4)68/h7-26,41-52,56-58H,27-31H2,1-6H3,(H,64,73). The summed E-state index contributed by atoms with van der Waals surface area (Å²) in [5.41, 5.74) is 0.562. The number of benzene rings is 4. The third-order valence-corrected chi connectivity index (χ3v) is 13.6. The van der Waals surface area contributed by atoms with E-state index in [4.69, 9.17) is 111 Å². The summed E-state index contributed by atoms with van der Waals surface area (Å²) >= 11 is 17.7. The number of alkyl carbamates (subject to hydrolysis) is 1. The highest BCUT2D eigenvalue weighted by Gasteiger charge is 2.59. The number of carbonyl (C=O) groups excluding carboxylic acids is 9. The highest BCUT2D eigenvalue weighted by molar-refractivity contribution is 6.67. The molecule has 0 aromatic heterocycles. The molecule has 7 rings (SSSR count). The van der Waals surface area contributed by atoms with Gasteiger partial charge < -0.3 is 81.1 Å². The van der Waals surface area contributed by atoms with Gasteiger partial charge in [0.15, 0.2) is 61.6 Å². The number of rotatable bonds is 24. The fourth-order valence-corrected chi connectivity index (χ4v) is 9.73. The lowest BCUT2D eigenvalue weighted by atomic mass is 9.95. The predicted octanol–water partition coefficient (Wildman–Crippen LogP) is 5.86. The second-order valence-electron chi connectivity index (χ2n) is 20.0. The van der Waals surface area contributed by atoms with E-state index in [-0.39, 0.29) is 29.9 Å². The van der Waals surface area contributed by atoms with E-state index < -0.39 is 170 Å². The lowest BCUT2D eigenvalue weighted by Crippen LogP contribution is -2.68. The number of carbonyl (C=O) groups is 9. The smallest absolute Gasteiger partial charge is 0.407 e. The number of hydrogen-bond acceptors (Lipinski definition) is 25. The third-order valence-electron chi connectivity index (χ3n) is 13.2. The molecule has 15 atom stereocenters. The average Bonchev–Trinajstić information content (AvgIpc) is 1.25. The molecule has 89 heavy (non-hydrogen) atoms. The van der Waals surface area contributed by atoms with Crippen LogP contribution in [0.15, 0.2) is 121 Å². The Bertz CT molecular complexity index is 3040. The number of alkyl halides is 3. The Morgan fingerprint density at radius 3 is 1.35 bits per heavy atom. The predicted molar refractivity (Wildman–Crippen MR) is 304 cm³/mol. The molecule has 3 saturated heterocycles. The molecule has 0 aliphatic carbocycles. The first-order valence-corrected chi connectivity index (χ1v) is 28.6. The first kappa shape index (κ1) is 69.0. The Morgan fingerprint density at radius 2 is 0.843 bits per heavy atom. The summed E-state index contributed by atoms with van der Waals surface area (Å²) in [6.45, 7) is 2.32. The average molecular weight is 1310 g/mol. The first-order chi connectivity index (χ1) is 42.5. The molecule has 480 valence electrons. The van der Waals surface area contributed by atoms with Gasteiger partial charge in [0.1, 0.15) is 43.7 Å². The molecular weight excluding hydrogens is 1240 g/mol. The fraction of sp³-hybridized carbons (Fsp3) is 0.450. The van der Waals surface area contributed by atoms with Gasteiger partial charge in [-0.25, -0.2) is 19.2 Å². The lowest BCUT2D eigenvalue weighted by Gasteiger charge is -2.49. The monoisotopic (exact) mass is 1300 g/mol. The molecule has 15 unspecified atom stereocenters. The van der Waals surface area contributed by atoms with E-state index in [1.54, 1.807) is 48.5 Å². The van der Waals surface area contributed by atoms with Crippen molar-refractivity contribution in [3.63, 3.8) is 0 Å². The highest BCUT2D eigenvalue weighted by atomic mass is 35.6. The zero-order valence-electron chi connectivity index (χ0n) is 48.6. The number of esters is 8. The van der Waals surface area contributed by atoms with Gasteiger partial charge in [-0.05, 0) is 42.0 Å². The number of ether oxygens (including phenoxy) is 16. The lowest BCUT2D eigenvalue weighted by molar-refractivity contribution is -0.361. The molecule has 3 fully saturated rings. The van der Waals surface area contributed by atoms with Crippen molar-refractivity contribution in [3.05, 3.63) is 144 Å². The van der Waals surface area contributed by atoms with Crippen molar-refractivity contribution in [1.82, 2.24) is 5.32 Å². The van der Waals surface area contributed by atoms with Crippen molar-refractivity contribution in [2.24, 2.45) is 0 Å². The summed E-state index contributed by atoms with van der Waals surface area (Å²) in [6, 6.07) is 29.6. The van der Waals surface area contributed by atoms with Crippen LogP contribution in [0.2, 0.25) is 0 Å². The van der Waals surface area contributed by atoms with Crippen LogP contribution in [0.1, 0.15) is 71.3 Å². The first-order valence-electron chi connectivity index (χ1n) is 27.5. The van der Waals surface area contributed by atoms with Gasteiger partial charge in [0, 0.05) is 41.7 Å². The van der Waals surface area contributed by atoms with Crippen LogP contribution in [0.4, 0.5) is 4.79 Å². The number of amides is 1. The van der Waals surface area contributed by atoms with E-state index >= 15 is 0 Å². The summed E-state index contributed by atoms with van der Waals surface area (Å²) < 4.78 is 94.8. The summed E-state index contributed by atoms with van der Waals surface area (Å²) in [5.74, 6) is -7.81. The van der Waals surface area contributed by atoms with Gasteiger partial charge in [0.25, 0.3) is 0 Å². The molecule has 0 spiro atoms. The van der Waals surface area contributed by atoms with Gasteiger partial charge in [0.05, 0.1) is 36.5 Å². The Labute approximate surface area is 524 Å². The van der Waals surface area contributed by atoms with Crippen LogP contribution in [-0.4, -0.2) is 183 Å². The maximum atomic E-state index is 14.7. The van der Waals surface area contributed by atoms with Crippen molar-refractivity contribution in [2.75, 3.05) is 33.5 Å². The van der Waals surface area contributed by atoms with Crippen LogP contribution >= 0.6 is 34.8 Å². The second-order valence-corrected chi connectivity index (χ2v) is 22.5.